The summed E-state index contributed by atoms with van der Waals surface area (Å²) in [5, 5.41) is 5.71. The van der Waals surface area contributed by atoms with Gasteiger partial charge in [-0.1, -0.05) is 11.8 Å². The predicted molar refractivity (Wildman–Crippen MR) is 77.4 cm³/mol. The normalized spacial score (nSPS) is 10.4. The Morgan fingerprint density at radius 3 is 2.79 bits per heavy atom. The van der Waals surface area contributed by atoms with Crippen molar-refractivity contribution in [1.29, 1.82) is 0 Å². The van der Waals surface area contributed by atoms with E-state index in [1.807, 2.05) is 19.2 Å². The van der Waals surface area contributed by atoms with Crippen LogP contribution in [0.15, 0.2) is 16.6 Å². The maximum atomic E-state index is 11.7. The molecule has 0 fully saturated rings. The van der Waals surface area contributed by atoms with E-state index in [0.717, 1.165) is 11.4 Å². The molecule has 2 aromatic heterocycles. The molecule has 2 heterocycles. The highest BCUT2D eigenvalue weighted by atomic mass is 32.2. The first kappa shape index (κ1) is 13.8. The Morgan fingerprint density at radius 1 is 1.37 bits per heavy atom. The van der Waals surface area contributed by atoms with Gasteiger partial charge in [0, 0.05) is 17.1 Å². The molecule has 0 saturated heterocycles. The van der Waals surface area contributed by atoms with Gasteiger partial charge in [-0.25, -0.2) is 15.0 Å². The minimum Gasteiger partial charge on any atom is -0.384 e. The van der Waals surface area contributed by atoms with E-state index in [2.05, 4.69) is 20.3 Å². The van der Waals surface area contributed by atoms with Crippen molar-refractivity contribution in [2.75, 3.05) is 16.8 Å². The van der Waals surface area contributed by atoms with Crippen molar-refractivity contribution in [2.45, 2.75) is 19.0 Å². The number of nitrogens with two attached hydrogens (primary N) is 1. The Morgan fingerprint density at radius 2 is 2.16 bits per heavy atom. The first-order valence-electron chi connectivity index (χ1n) is 5.49. The van der Waals surface area contributed by atoms with E-state index in [1.165, 1.54) is 23.1 Å². The molecule has 3 N–H and O–H groups in total. The molecule has 0 aromatic carbocycles. The number of rotatable bonds is 4. The van der Waals surface area contributed by atoms with Crippen molar-refractivity contribution in [2.24, 2.45) is 0 Å². The highest BCUT2D eigenvalue weighted by molar-refractivity contribution is 7.99. The van der Waals surface area contributed by atoms with Crippen LogP contribution in [0.4, 0.5) is 10.9 Å². The second-order valence-corrected chi connectivity index (χ2v) is 5.65. The number of thioether (sulfide) groups is 1. The molecule has 6 nitrogen and oxygen atoms in total. The van der Waals surface area contributed by atoms with Gasteiger partial charge in [0.25, 0.3) is 0 Å². The minimum atomic E-state index is -0.136. The lowest BCUT2D eigenvalue weighted by Gasteiger charge is -2.03. The van der Waals surface area contributed by atoms with Gasteiger partial charge in [-0.3, -0.25) is 4.79 Å². The molecule has 2 aromatic rings. The molecule has 0 saturated carbocycles. The minimum absolute atomic E-state index is 0.136. The zero-order valence-electron chi connectivity index (χ0n) is 10.5. The van der Waals surface area contributed by atoms with Crippen LogP contribution in [0.25, 0.3) is 0 Å². The fourth-order valence-corrected chi connectivity index (χ4v) is 2.74. The lowest BCUT2D eigenvalue weighted by atomic mass is 10.4. The average molecular weight is 295 g/mol. The quantitative estimate of drug-likeness (QED) is 0.660. The van der Waals surface area contributed by atoms with Crippen molar-refractivity contribution in [3.05, 3.63) is 22.8 Å². The molecule has 2 rings (SSSR count). The second kappa shape index (κ2) is 5.98. The molecule has 8 heteroatoms. The molecule has 19 heavy (non-hydrogen) atoms. The van der Waals surface area contributed by atoms with Gasteiger partial charge in [-0.15, -0.1) is 11.3 Å². The zero-order valence-corrected chi connectivity index (χ0v) is 12.1. The number of aryl methyl sites for hydroxylation is 2. The summed E-state index contributed by atoms with van der Waals surface area (Å²) >= 11 is 2.65. The van der Waals surface area contributed by atoms with E-state index in [9.17, 15) is 4.79 Å². The second-order valence-electron chi connectivity index (χ2n) is 3.85. The van der Waals surface area contributed by atoms with Crippen LogP contribution in [0.3, 0.4) is 0 Å². The van der Waals surface area contributed by atoms with Crippen LogP contribution >= 0.6 is 23.1 Å². The Balaban J connectivity index is 1.89. The van der Waals surface area contributed by atoms with E-state index in [1.54, 1.807) is 6.07 Å². The molecule has 0 aliphatic carbocycles. The van der Waals surface area contributed by atoms with Crippen molar-refractivity contribution < 1.29 is 4.79 Å². The van der Waals surface area contributed by atoms with Crippen LogP contribution in [0.2, 0.25) is 0 Å². The third-order valence-electron chi connectivity index (χ3n) is 2.05. The smallest absolute Gasteiger partial charge is 0.236 e. The summed E-state index contributed by atoms with van der Waals surface area (Å²) in [6.45, 7) is 3.71. The van der Waals surface area contributed by atoms with Crippen LogP contribution in [0.1, 0.15) is 11.4 Å². The Kier molecular flexibility index (Phi) is 4.33. The summed E-state index contributed by atoms with van der Waals surface area (Å²) in [5.74, 6) is 0.496. The van der Waals surface area contributed by atoms with Crippen LogP contribution in [0, 0.1) is 13.8 Å². The Labute approximate surface area is 118 Å². The van der Waals surface area contributed by atoms with Gasteiger partial charge in [0.15, 0.2) is 10.3 Å². The molecule has 0 unspecified atom stereocenters. The molecular weight excluding hydrogens is 282 g/mol. The number of nitrogen functional groups attached to an aromatic ring is 1. The number of nitrogens with zero attached hydrogens (tertiary/aromatic N) is 3. The SMILES string of the molecule is Cc1cc(N)nc(SCC(=O)Nc2nc(C)cs2)n1. The fourth-order valence-electron chi connectivity index (χ4n) is 1.33. The zero-order chi connectivity index (χ0) is 13.8. The number of carbonyl (C=O) groups excluding carboxylic acids is 1. The van der Waals surface area contributed by atoms with Gasteiger partial charge in [-0.2, -0.15) is 0 Å². The predicted octanol–water partition coefficient (Wildman–Crippen LogP) is 1.86. The maximum Gasteiger partial charge on any atom is 0.236 e. The van der Waals surface area contributed by atoms with Gasteiger partial charge < -0.3 is 11.1 Å². The number of anilines is 2. The van der Waals surface area contributed by atoms with E-state index in [-0.39, 0.29) is 11.7 Å². The molecule has 1 amide bonds. The van der Waals surface area contributed by atoms with E-state index < -0.39 is 0 Å². The third kappa shape index (κ3) is 4.18. The molecule has 0 radical (unpaired) electrons. The average Bonchev–Trinajstić information content (AvgIpc) is 2.71. The summed E-state index contributed by atoms with van der Waals surface area (Å²) in [4.78, 5) is 24.1. The Bertz CT molecular complexity index is 578. The van der Waals surface area contributed by atoms with Crippen molar-refractivity contribution in [3.63, 3.8) is 0 Å². The number of amides is 1. The first-order chi connectivity index (χ1) is 9.02. The summed E-state index contributed by atoms with van der Waals surface area (Å²) in [5.41, 5.74) is 7.29. The van der Waals surface area contributed by atoms with Crippen molar-refractivity contribution >= 4 is 40.0 Å². The number of aromatic nitrogens is 3. The van der Waals surface area contributed by atoms with E-state index >= 15 is 0 Å². The van der Waals surface area contributed by atoms with E-state index in [4.69, 9.17) is 5.73 Å². The van der Waals surface area contributed by atoms with Gasteiger partial charge in [0.2, 0.25) is 5.91 Å². The third-order valence-corrected chi connectivity index (χ3v) is 3.77. The lowest BCUT2D eigenvalue weighted by Crippen LogP contribution is -2.14. The lowest BCUT2D eigenvalue weighted by molar-refractivity contribution is -0.113. The van der Waals surface area contributed by atoms with Crippen LogP contribution in [-0.4, -0.2) is 26.6 Å². The van der Waals surface area contributed by atoms with Crippen LogP contribution in [0.5, 0.6) is 0 Å². The van der Waals surface area contributed by atoms with Gasteiger partial charge >= 0.3 is 0 Å². The largest absolute Gasteiger partial charge is 0.384 e. The summed E-state index contributed by atoms with van der Waals surface area (Å²) in [6.07, 6.45) is 0. The van der Waals surface area contributed by atoms with Gasteiger partial charge in [0.1, 0.15) is 5.82 Å². The Hall–Kier alpha value is -1.67. The standard InChI is InChI=1S/C11H13N5OS2/c1-6-3-8(12)15-10(13-6)19-5-9(17)16-11-14-7(2)4-18-11/h3-4H,5H2,1-2H3,(H2,12,13,15)(H,14,16,17). The van der Waals surface area contributed by atoms with Gasteiger partial charge in [-0.05, 0) is 13.8 Å². The number of hydrogen-bond donors (Lipinski definition) is 2. The summed E-state index contributed by atoms with van der Waals surface area (Å²) < 4.78 is 0. The summed E-state index contributed by atoms with van der Waals surface area (Å²) in [7, 11) is 0. The number of carbonyl (C=O) groups is 1. The van der Waals surface area contributed by atoms with Crippen molar-refractivity contribution in [3.8, 4) is 0 Å². The molecule has 0 spiro atoms. The topological polar surface area (TPSA) is 93.8 Å². The van der Waals surface area contributed by atoms with Gasteiger partial charge in [0.05, 0.1) is 11.4 Å². The summed E-state index contributed by atoms with van der Waals surface area (Å²) in [6, 6.07) is 1.68. The highest BCUT2D eigenvalue weighted by Gasteiger charge is 2.08. The first-order valence-corrected chi connectivity index (χ1v) is 7.35. The molecule has 100 valence electrons. The number of hydrogen-bond acceptors (Lipinski definition) is 7. The number of nitrogens with one attached hydrogen (secondary N) is 1. The molecule has 0 aliphatic rings. The molecule has 0 bridgehead atoms. The molecular formula is C11H13N5OS2. The van der Waals surface area contributed by atoms with Crippen molar-refractivity contribution in [1.82, 2.24) is 15.0 Å². The highest BCUT2D eigenvalue weighted by Crippen LogP contribution is 2.17. The number of thiazole rings is 1. The molecule has 0 aliphatic heterocycles. The monoisotopic (exact) mass is 295 g/mol. The fraction of sp³-hybridized carbons (Fsp3) is 0.273. The van der Waals surface area contributed by atoms with E-state index in [0.29, 0.717) is 16.1 Å². The molecule has 0 atom stereocenters. The van der Waals surface area contributed by atoms with Crippen LogP contribution < -0.4 is 11.1 Å². The van der Waals surface area contributed by atoms with Crippen LogP contribution in [-0.2, 0) is 4.79 Å². The maximum absolute atomic E-state index is 11.7.